The van der Waals surface area contributed by atoms with Crippen molar-refractivity contribution in [3.05, 3.63) is 83.1 Å². The number of ether oxygens (including phenoxy) is 1. The van der Waals surface area contributed by atoms with Crippen LogP contribution >= 0.6 is 24.0 Å². The normalized spacial score (nSPS) is 11.1. The lowest BCUT2D eigenvalue weighted by atomic mass is 10.1. The predicted molar refractivity (Wildman–Crippen MR) is 116 cm³/mol. The molecule has 5 nitrogen and oxygen atoms in total. The van der Waals surface area contributed by atoms with Gasteiger partial charge in [-0.15, -0.1) is 12.4 Å². The van der Waals surface area contributed by atoms with Crippen molar-refractivity contribution in [2.45, 2.75) is 4.90 Å². The molecule has 1 N–H and O–H groups in total. The lowest BCUT2D eigenvalue weighted by Crippen LogP contribution is -2.13. The zero-order valence-corrected chi connectivity index (χ0v) is 17.3. The first kappa shape index (κ1) is 21.8. The Morgan fingerprint density at radius 1 is 1.00 bits per heavy atom. The zero-order chi connectivity index (χ0) is 19.3. The van der Waals surface area contributed by atoms with Crippen LogP contribution in [0.25, 0.3) is 12.2 Å². The van der Waals surface area contributed by atoms with E-state index in [0.29, 0.717) is 22.0 Å². The minimum Gasteiger partial charge on any atom is -0.497 e. The van der Waals surface area contributed by atoms with Crippen molar-refractivity contribution < 1.29 is 13.2 Å². The summed E-state index contributed by atoms with van der Waals surface area (Å²) in [5.74, 6) is 0.589. The van der Waals surface area contributed by atoms with Crippen LogP contribution in [0.1, 0.15) is 11.1 Å². The van der Waals surface area contributed by atoms with E-state index in [1.807, 2.05) is 18.2 Å². The van der Waals surface area contributed by atoms with Crippen LogP contribution in [0.3, 0.4) is 0 Å². The van der Waals surface area contributed by atoms with Gasteiger partial charge in [-0.1, -0.05) is 42.0 Å². The molecule has 0 aliphatic carbocycles. The molecular formula is C20H18Cl2N2O3S. The number of benzene rings is 2. The molecule has 0 saturated heterocycles. The predicted octanol–water partition coefficient (Wildman–Crippen LogP) is 5.14. The fourth-order valence-electron chi connectivity index (χ4n) is 2.39. The molecule has 0 saturated carbocycles. The number of sulfonamides is 1. The van der Waals surface area contributed by atoms with Gasteiger partial charge >= 0.3 is 0 Å². The highest BCUT2D eigenvalue weighted by molar-refractivity contribution is 7.92. The number of nitrogens with one attached hydrogen (secondary N) is 1. The largest absolute Gasteiger partial charge is 0.497 e. The van der Waals surface area contributed by atoms with E-state index in [0.717, 1.165) is 5.56 Å². The molecule has 2 aromatic carbocycles. The molecule has 0 spiro atoms. The molecule has 3 aromatic rings. The molecule has 28 heavy (non-hydrogen) atoms. The Labute approximate surface area is 175 Å². The molecule has 8 heteroatoms. The number of aromatic nitrogens is 1. The van der Waals surface area contributed by atoms with Crippen molar-refractivity contribution in [3.8, 4) is 5.75 Å². The first-order valence-electron chi connectivity index (χ1n) is 8.03. The first-order valence-corrected chi connectivity index (χ1v) is 9.89. The molecule has 0 unspecified atom stereocenters. The van der Waals surface area contributed by atoms with Crippen molar-refractivity contribution in [1.82, 2.24) is 4.98 Å². The van der Waals surface area contributed by atoms with Gasteiger partial charge in [-0.05, 0) is 47.5 Å². The summed E-state index contributed by atoms with van der Waals surface area (Å²) in [7, 11) is -2.20. The maximum atomic E-state index is 12.7. The van der Waals surface area contributed by atoms with Crippen LogP contribution in [0.4, 0.5) is 5.69 Å². The lowest BCUT2D eigenvalue weighted by molar-refractivity contribution is 0.414. The summed E-state index contributed by atoms with van der Waals surface area (Å²) in [6, 6.07) is 15.1. The Hall–Kier alpha value is -2.54. The third-order valence-corrected chi connectivity index (χ3v) is 5.52. The van der Waals surface area contributed by atoms with E-state index < -0.39 is 10.0 Å². The molecule has 0 atom stereocenters. The van der Waals surface area contributed by atoms with Gasteiger partial charge in [0.2, 0.25) is 0 Å². The van der Waals surface area contributed by atoms with E-state index in [1.165, 1.54) is 19.2 Å². The number of anilines is 1. The van der Waals surface area contributed by atoms with Crippen molar-refractivity contribution in [2.75, 3.05) is 11.8 Å². The smallest absolute Gasteiger partial charge is 0.261 e. The Bertz CT molecular complexity index is 1070. The van der Waals surface area contributed by atoms with E-state index >= 15 is 0 Å². The molecule has 146 valence electrons. The average molecular weight is 437 g/mol. The fourth-order valence-corrected chi connectivity index (χ4v) is 3.66. The van der Waals surface area contributed by atoms with Crippen molar-refractivity contribution in [1.29, 1.82) is 0 Å². The molecule has 0 radical (unpaired) electrons. The van der Waals surface area contributed by atoms with E-state index in [4.69, 9.17) is 16.3 Å². The Kier molecular flexibility index (Phi) is 7.45. The van der Waals surface area contributed by atoms with Gasteiger partial charge in [0.05, 0.1) is 22.7 Å². The third-order valence-electron chi connectivity index (χ3n) is 3.82. The highest BCUT2D eigenvalue weighted by atomic mass is 35.5. The summed E-state index contributed by atoms with van der Waals surface area (Å²) in [6.45, 7) is 0. The van der Waals surface area contributed by atoms with Crippen LogP contribution in [0.2, 0.25) is 5.02 Å². The van der Waals surface area contributed by atoms with Gasteiger partial charge in [-0.25, -0.2) is 8.42 Å². The second kappa shape index (κ2) is 9.59. The van der Waals surface area contributed by atoms with Gasteiger partial charge in [0.25, 0.3) is 10.0 Å². The fraction of sp³-hybridized carbons (Fsp3) is 0.0500. The second-order valence-corrected chi connectivity index (χ2v) is 7.69. The van der Waals surface area contributed by atoms with Gasteiger partial charge in [0.1, 0.15) is 5.75 Å². The van der Waals surface area contributed by atoms with Gasteiger partial charge < -0.3 is 4.74 Å². The molecule has 1 aromatic heterocycles. The van der Waals surface area contributed by atoms with Gasteiger partial charge in [-0.2, -0.15) is 0 Å². The van der Waals surface area contributed by atoms with Crippen LogP contribution in [0.5, 0.6) is 5.75 Å². The summed E-state index contributed by atoms with van der Waals surface area (Å²) in [5.41, 5.74) is 1.97. The highest BCUT2D eigenvalue weighted by Gasteiger charge is 2.15. The standard InChI is InChI=1S/C20H17ClN2O3S.ClH/c1-26-17-8-10-18(11-9-17)27(24,25)23-20-5-3-2-4-16(20)7-6-15-12-13-22-14-19(15)21;/h2-14,23H,1H3;1H/b7-6+;. The number of hydrogen-bond donors (Lipinski definition) is 1. The van der Waals surface area contributed by atoms with Crippen molar-refractivity contribution >= 4 is 51.9 Å². The average Bonchev–Trinajstić information content (AvgIpc) is 2.68. The van der Waals surface area contributed by atoms with Crippen LogP contribution in [-0.2, 0) is 10.0 Å². The minimum absolute atomic E-state index is 0. The quantitative estimate of drug-likeness (QED) is 0.580. The van der Waals surface area contributed by atoms with Crippen LogP contribution in [0.15, 0.2) is 71.9 Å². The third kappa shape index (κ3) is 5.25. The van der Waals surface area contributed by atoms with E-state index in [1.54, 1.807) is 48.8 Å². The maximum absolute atomic E-state index is 12.7. The maximum Gasteiger partial charge on any atom is 0.261 e. The molecular weight excluding hydrogens is 419 g/mol. The molecule has 0 bridgehead atoms. The summed E-state index contributed by atoms with van der Waals surface area (Å²) in [6.07, 6.45) is 6.81. The van der Waals surface area contributed by atoms with Gasteiger partial charge in [-0.3, -0.25) is 9.71 Å². The highest BCUT2D eigenvalue weighted by Crippen LogP contribution is 2.24. The number of pyridine rings is 1. The summed E-state index contributed by atoms with van der Waals surface area (Å²) < 4.78 is 33.0. The molecule has 0 amide bonds. The number of hydrogen-bond acceptors (Lipinski definition) is 4. The van der Waals surface area contributed by atoms with Crippen LogP contribution in [0, 0.1) is 0 Å². The van der Waals surface area contributed by atoms with Gasteiger partial charge in [0, 0.05) is 12.4 Å². The second-order valence-electron chi connectivity index (χ2n) is 5.60. The number of halogens is 2. The van der Waals surface area contributed by atoms with Crippen molar-refractivity contribution in [3.63, 3.8) is 0 Å². The van der Waals surface area contributed by atoms with Crippen LogP contribution in [-0.4, -0.2) is 20.5 Å². The Morgan fingerprint density at radius 3 is 2.36 bits per heavy atom. The molecule has 0 aliphatic rings. The summed E-state index contributed by atoms with van der Waals surface area (Å²) >= 11 is 6.11. The molecule has 3 rings (SSSR count). The number of rotatable bonds is 6. The Morgan fingerprint density at radius 2 is 1.68 bits per heavy atom. The van der Waals surface area contributed by atoms with Gasteiger partial charge in [0.15, 0.2) is 0 Å². The van der Waals surface area contributed by atoms with Crippen molar-refractivity contribution in [2.24, 2.45) is 0 Å². The Balaban J connectivity index is 0.00000280. The lowest BCUT2D eigenvalue weighted by Gasteiger charge is -2.11. The van der Waals surface area contributed by atoms with E-state index in [2.05, 4.69) is 9.71 Å². The monoisotopic (exact) mass is 436 g/mol. The zero-order valence-electron chi connectivity index (χ0n) is 14.9. The number of methoxy groups -OCH3 is 1. The van der Waals surface area contributed by atoms with E-state index in [-0.39, 0.29) is 17.3 Å². The number of para-hydroxylation sites is 1. The number of nitrogens with zero attached hydrogens (tertiary/aromatic N) is 1. The molecule has 0 aliphatic heterocycles. The van der Waals surface area contributed by atoms with Crippen LogP contribution < -0.4 is 9.46 Å². The summed E-state index contributed by atoms with van der Waals surface area (Å²) in [4.78, 5) is 4.10. The molecule has 0 fully saturated rings. The van der Waals surface area contributed by atoms with E-state index in [9.17, 15) is 8.42 Å². The topological polar surface area (TPSA) is 68.3 Å². The molecule has 1 heterocycles. The summed E-state index contributed by atoms with van der Waals surface area (Å²) in [5, 5.41) is 0.519. The first-order chi connectivity index (χ1) is 13.0. The minimum atomic E-state index is -3.73. The SMILES string of the molecule is COc1ccc(S(=O)(=O)Nc2ccccc2/C=C/c2ccncc2Cl)cc1.Cl.